The molecule has 0 aliphatic rings. The molecule has 1 unspecified atom stereocenters. The molecular weight excluding hydrogens is 230 g/mol. The second-order valence-electron chi connectivity index (χ2n) is 4.46. The number of aryl methyl sites for hydroxylation is 1. The first-order valence-electron chi connectivity index (χ1n) is 6.09. The lowest BCUT2D eigenvalue weighted by Crippen LogP contribution is -2.02. The van der Waals surface area contributed by atoms with E-state index in [9.17, 15) is 15.0 Å². The maximum Gasteiger partial charge on any atom is 0.337 e. The molecule has 0 bridgehead atoms. The number of hydrogen-bond acceptors (Lipinski definition) is 2. The molecule has 1 heterocycles. The third kappa shape index (κ3) is 1.99. The summed E-state index contributed by atoms with van der Waals surface area (Å²) < 4.78 is 1.92. The number of fused-ring (bicyclic) bond motifs is 1. The van der Waals surface area contributed by atoms with E-state index in [0.29, 0.717) is 5.52 Å². The Balaban J connectivity index is 2.78. The average molecular weight is 247 g/mol. The lowest BCUT2D eigenvalue weighted by atomic mass is 10.1. The van der Waals surface area contributed by atoms with E-state index in [1.54, 1.807) is 19.1 Å². The molecule has 0 radical (unpaired) electrons. The van der Waals surface area contributed by atoms with Crippen molar-refractivity contribution in [1.82, 2.24) is 4.57 Å². The molecule has 0 aliphatic heterocycles. The maximum absolute atomic E-state index is 11.3. The lowest BCUT2D eigenvalue weighted by molar-refractivity contribution is 0.0698. The topological polar surface area (TPSA) is 62.5 Å². The summed E-state index contributed by atoms with van der Waals surface area (Å²) in [4.78, 5) is 11.3. The highest BCUT2D eigenvalue weighted by Gasteiger charge is 2.17. The number of benzene rings is 1. The first-order chi connectivity index (χ1) is 8.56. The zero-order chi connectivity index (χ0) is 13.3. The number of rotatable bonds is 4. The summed E-state index contributed by atoms with van der Waals surface area (Å²) in [6, 6.07) is 5.17. The molecule has 0 aliphatic carbocycles. The standard InChI is InChI=1S/C14H17NO3/c1-3-7-15-8-12(9(2)16)10-5-4-6-11(13(10)15)14(17)18/h4-6,8-9,16H,3,7H2,1-2H3,(H,17,18). The van der Waals surface area contributed by atoms with Gasteiger partial charge in [-0.2, -0.15) is 0 Å². The molecule has 0 amide bonds. The number of carboxylic acid groups (broad SMARTS) is 1. The molecular formula is C14H17NO3. The van der Waals surface area contributed by atoms with Crippen LogP contribution < -0.4 is 0 Å². The molecule has 4 nitrogen and oxygen atoms in total. The zero-order valence-electron chi connectivity index (χ0n) is 10.6. The quantitative estimate of drug-likeness (QED) is 0.873. The predicted octanol–water partition coefficient (Wildman–Crippen LogP) is 2.80. The van der Waals surface area contributed by atoms with Crippen molar-refractivity contribution in [2.45, 2.75) is 32.9 Å². The van der Waals surface area contributed by atoms with Crippen molar-refractivity contribution in [3.8, 4) is 0 Å². The van der Waals surface area contributed by atoms with Crippen molar-refractivity contribution in [3.63, 3.8) is 0 Å². The highest BCUT2D eigenvalue weighted by Crippen LogP contribution is 2.29. The number of para-hydroxylation sites is 1. The van der Waals surface area contributed by atoms with E-state index in [1.807, 2.05) is 23.8 Å². The summed E-state index contributed by atoms with van der Waals surface area (Å²) in [5.41, 5.74) is 1.76. The van der Waals surface area contributed by atoms with Gasteiger partial charge in [-0.15, -0.1) is 0 Å². The monoisotopic (exact) mass is 247 g/mol. The molecule has 2 rings (SSSR count). The number of nitrogens with zero attached hydrogens (tertiary/aromatic N) is 1. The van der Waals surface area contributed by atoms with Crippen LogP contribution >= 0.6 is 0 Å². The average Bonchev–Trinajstić information content (AvgIpc) is 2.69. The second-order valence-corrected chi connectivity index (χ2v) is 4.46. The highest BCUT2D eigenvalue weighted by molar-refractivity contribution is 6.03. The van der Waals surface area contributed by atoms with Gasteiger partial charge in [-0.1, -0.05) is 19.1 Å². The fraction of sp³-hybridized carbons (Fsp3) is 0.357. The van der Waals surface area contributed by atoms with Crippen LogP contribution in [0.4, 0.5) is 0 Å². The minimum atomic E-state index is -0.937. The molecule has 0 spiro atoms. The summed E-state index contributed by atoms with van der Waals surface area (Å²) >= 11 is 0. The minimum Gasteiger partial charge on any atom is -0.478 e. The van der Waals surface area contributed by atoms with Gasteiger partial charge in [0.1, 0.15) is 0 Å². The van der Waals surface area contributed by atoms with Crippen LogP contribution in [0.1, 0.15) is 42.3 Å². The number of hydrogen-bond donors (Lipinski definition) is 2. The summed E-state index contributed by atoms with van der Waals surface area (Å²) in [5.74, 6) is -0.937. The molecule has 2 N–H and O–H groups in total. The lowest BCUT2D eigenvalue weighted by Gasteiger charge is -2.05. The van der Waals surface area contributed by atoms with Gasteiger partial charge in [-0.25, -0.2) is 4.79 Å². The van der Waals surface area contributed by atoms with Crippen molar-refractivity contribution < 1.29 is 15.0 Å². The van der Waals surface area contributed by atoms with E-state index >= 15 is 0 Å². The normalized spacial score (nSPS) is 12.8. The molecule has 4 heteroatoms. The summed E-state index contributed by atoms with van der Waals surface area (Å²) in [5, 5.41) is 19.8. The van der Waals surface area contributed by atoms with Crippen molar-refractivity contribution in [2.75, 3.05) is 0 Å². The SMILES string of the molecule is CCCn1cc(C(C)O)c2cccc(C(=O)O)c21. The van der Waals surface area contributed by atoms with E-state index in [0.717, 1.165) is 23.9 Å². The molecule has 96 valence electrons. The molecule has 1 aromatic carbocycles. The largest absolute Gasteiger partial charge is 0.478 e. The number of aromatic carboxylic acids is 1. The van der Waals surface area contributed by atoms with Crippen LogP contribution in [0.3, 0.4) is 0 Å². The third-order valence-electron chi connectivity index (χ3n) is 3.07. The molecule has 0 saturated heterocycles. The van der Waals surface area contributed by atoms with E-state index < -0.39 is 12.1 Å². The van der Waals surface area contributed by atoms with Crippen LogP contribution in [0.25, 0.3) is 10.9 Å². The van der Waals surface area contributed by atoms with Gasteiger partial charge in [0, 0.05) is 23.7 Å². The summed E-state index contributed by atoms with van der Waals surface area (Å²) in [6.45, 7) is 4.48. The Morgan fingerprint density at radius 1 is 1.44 bits per heavy atom. The fourth-order valence-electron chi connectivity index (χ4n) is 2.31. The zero-order valence-corrected chi connectivity index (χ0v) is 10.6. The molecule has 2 aromatic rings. The second kappa shape index (κ2) is 4.82. The first-order valence-corrected chi connectivity index (χ1v) is 6.09. The number of carbonyl (C=O) groups is 1. The number of aliphatic hydroxyl groups is 1. The highest BCUT2D eigenvalue weighted by atomic mass is 16.4. The van der Waals surface area contributed by atoms with Gasteiger partial charge in [0.15, 0.2) is 0 Å². The molecule has 0 saturated carbocycles. The Kier molecular flexibility index (Phi) is 3.39. The van der Waals surface area contributed by atoms with Gasteiger partial charge < -0.3 is 14.8 Å². The van der Waals surface area contributed by atoms with Crippen LogP contribution in [0.15, 0.2) is 24.4 Å². The van der Waals surface area contributed by atoms with Gasteiger partial charge >= 0.3 is 5.97 Å². The van der Waals surface area contributed by atoms with Gasteiger partial charge in [-0.05, 0) is 19.4 Å². The predicted molar refractivity (Wildman–Crippen MR) is 69.8 cm³/mol. The summed E-state index contributed by atoms with van der Waals surface area (Å²) in [7, 11) is 0. The third-order valence-corrected chi connectivity index (χ3v) is 3.07. The van der Waals surface area contributed by atoms with E-state index in [-0.39, 0.29) is 5.56 Å². The van der Waals surface area contributed by atoms with Gasteiger partial charge in [0.05, 0.1) is 17.2 Å². The van der Waals surface area contributed by atoms with Crippen LogP contribution in [0.2, 0.25) is 0 Å². The maximum atomic E-state index is 11.3. The Hall–Kier alpha value is -1.81. The Bertz CT molecular complexity index is 584. The molecule has 18 heavy (non-hydrogen) atoms. The smallest absolute Gasteiger partial charge is 0.337 e. The van der Waals surface area contributed by atoms with Crippen LogP contribution in [-0.4, -0.2) is 20.7 Å². The van der Waals surface area contributed by atoms with Crippen LogP contribution in [0, 0.1) is 0 Å². The Morgan fingerprint density at radius 2 is 2.17 bits per heavy atom. The number of carboxylic acids is 1. The molecule has 1 atom stereocenters. The summed E-state index contributed by atoms with van der Waals surface area (Å²) in [6.07, 6.45) is 2.16. The van der Waals surface area contributed by atoms with Crippen molar-refractivity contribution in [2.24, 2.45) is 0 Å². The Labute approximate surface area is 105 Å². The van der Waals surface area contributed by atoms with Gasteiger partial charge in [-0.3, -0.25) is 0 Å². The van der Waals surface area contributed by atoms with E-state index in [4.69, 9.17) is 0 Å². The van der Waals surface area contributed by atoms with Crippen LogP contribution in [-0.2, 0) is 6.54 Å². The van der Waals surface area contributed by atoms with E-state index in [1.165, 1.54) is 0 Å². The van der Waals surface area contributed by atoms with Gasteiger partial charge in [0.2, 0.25) is 0 Å². The van der Waals surface area contributed by atoms with Crippen molar-refractivity contribution >= 4 is 16.9 Å². The minimum absolute atomic E-state index is 0.285. The Morgan fingerprint density at radius 3 is 2.72 bits per heavy atom. The van der Waals surface area contributed by atoms with Crippen molar-refractivity contribution in [3.05, 3.63) is 35.5 Å². The number of aromatic nitrogens is 1. The fourth-order valence-corrected chi connectivity index (χ4v) is 2.31. The van der Waals surface area contributed by atoms with E-state index in [2.05, 4.69) is 0 Å². The van der Waals surface area contributed by atoms with Gasteiger partial charge in [0.25, 0.3) is 0 Å². The van der Waals surface area contributed by atoms with Crippen molar-refractivity contribution in [1.29, 1.82) is 0 Å². The first kappa shape index (κ1) is 12.6. The molecule has 1 aromatic heterocycles. The van der Waals surface area contributed by atoms with Crippen LogP contribution in [0.5, 0.6) is 0 Å². The number of aliphatic hydroxyl groups excluding tert-OH is 1. The molecule has 0 fully saturated rings.